The van der Waals surface area contributed by atoms with Gasteiger partial charge >= 0.3 is 0 Å². The molecule has 0 nitrogen and oxygen atoms in total. The number of hydrogen-bond acceptors (Lipinski definition) is 0. The molecule has 1 rings (SSSR count). The van der Waals surface area contributed by atoms with E-state index in [9.17, 15) is 0 Å². The summed E-state index contributed by atoms with van der Waals surface area (Å²) in [5.74, 6) is 0.774. The Bertz CT molecular complexity index is 245. The molecule has 0 saturated heterocycles. The highest BCUT2D eigenvalue weighted by Gasteiger charge is 2.07. The predicted molar refractivity (Wildman–Crippen MR) is 70.5 cm³/mol. The minimum atomic E-state index is 0. The van der Waals surface area contributed by atoms with Crippen molar-refractivity contribution in [3.63, 3.8) is 0 Å². The molecule has 1 unspecified atom stereocenters. The van der Waals surface area contributed by atoms with Gasteiger partial charge in [-0.25, -0.2) is 0 Å². The first-order chi connectivity index (χ1) is 6.77. The summed E-state index contributed by atoms with van der Waals surface area (Å²) in [4.78, 5) is 0. The van der Waals surface area contributed by atoms with Crippen LogP contribution in [0.15, 0.2) is 24.3 Å². The van der Waals surface area contributed by atoms with Gasteiger partial charge in [-0.15, -0.1) is 0 Å². The van der Waals surface area contributed by atoms with E-state index in [1.807, 2.05) is 0 Å². The smallest absolute Gasteiger partial charge is 0.0165 e. The van der Waals surface area contributed by atoms with E-state index >= 15 is 0 Å². The Balaban J connectivity index is 0.00000196. The van der Waals surface area contributed by atoms with E-state index in [1.54, 1.807) is 0 Å². The summed E-state index contributed by atoms with van der Waals surface area (Å²) in [5.41, 5.74) is 2.88. The van der Waals surface area contributed by atoms with Gasteiger partial charge in [-0.3, -0.25) is 0 Å². The molecule has 0 aliphatic rings. The standard InChI is InChI=1S/C14H22.CH4/c1-4-6-7-13(5-2)14-10-8-12(3)9-11-14;/h8-11,13H,4-7H2,1-3H3;1H4. The van der Waals surface area contributed by atoms with Crippen LogP contribution in [0.5, 0.6) is 0 Å². The highest BCUT2D eigenvalue weighted by molar-refractivity contribution is 5.24. The van der Waals surface area contributed by atoms with E-state index in [2.05, 4.69) is 45.0 Å². The Labute approximate surface area is 95.7 Å². The molecule has 1 aromatic rings. The molecule has 0 spiro atoms. The zero-order valence-corrected chi connectivity index (χ0v) is 9.72. The zero-order valence-electron chi connectivity index (χ0n) is 9.72. The van der Waals surface area contributed by atoms with Crippen LogP contribution >= 0.6 is 0 Å². The van der Waals surface area contributed by atoms with Gasteiger partial charge in [-0.2, -0.15) is 0 Å². The predicted octanol–water partition coefficient (Wildman–Crippen LogP) is 5.31. The van der Waals surface area contributed by atoms with Crippen LogP contribution in [0, 0.1) is 6.92 Å². The summed E-state index contributed by atoms with van der Waals surface area (Å²) in [5, 5.41) is 0. The monoisotopic (exact) mass is 206 g/mol. The van der Waals surface area contributed by atoms with Gasteiger partial charge in [0.05, 0.1) is 0 Å². The fraction of sp³-hybridized carbons (Fsp3) is 0.600. The lowest BCUT2D eigenvalue weighted by Crippen LogP contribution is -1.97. The quantitative estimate of drug-likeness (QED) is 0.612. The minimum absolute atomic E-state index is 0. The van der Waals surface area contributed by atoms with Crippen LogP contribution in [0.25, 0.3) is 0 Å². The van der Waals surface area contributed by atoms with Crippen molar-refractivity contribution in [1.29, 1.82) is 0 Å². The molecule has 0 radical (unpaired) electrons. The molecule has 0 fully saturated rings. The third-order valence-corrected chi connectivity index (χ3v) is 2.95. The topological polar surface area (TPSA) is 0 Å². The van der Waals surface area contributed by atoms with Crippen molar-refractivity contribution in [1.82, 2.24) is 0 Å². The second-order valence-corrected chi connectivity index (χ2v) is 4.16. The SMILES string of the molecule is C.CCCCC(CC)c1ccc(C)cc1. The lowest BCUT2D eigenvalue weighted by molar-refractivity contribution is 0.569. The summed E-state index contributed by atoms with van der Waals surface area (Å²) in [6.45, 7) is 6.71. The van der Waals surface area contributed by atoms with Crippen LogP contribution in [0.3, 0.4) is 0 Å². The van der Waals surface area contributed by atoms with E-state index in [0.717, 1.165) is 5.92 Å². The molecule has 0 N–H and O–H groups in total. The number of unbranched alkanes of at least 4 members (excludes halogenated alkanes) is 1. The second-order valence-electron chi connectivity index (χ2n) is 4.16. The number of hydrogen-bond donors (Lipinski definition) is 0. The maximum atomic E-state index is 2.29. The van der Waals surface area contributed by atoms with Gasteiger partial charge in [-0.1, -0.05) is 63.9 Å². The first kappa shape index (κ1) is 14.2. The van der Waals surface area contributed by atoms with E-state index in [-0.39, 0.29) is 7.43 Å². The van der Waals surface area contributed by atoms with Crippen molar-refractivity contribution < 1.29 is 0 Å². The molecule has 0 aromatic heterocycles. The lowest BCUT2D eigenvalue weighted by Gasteiger charge is -2.14. The molecule has 0 saturated carbocycles. The van der Waals surface area contributed by atoms with Crippen LogP contribution in [-0.4, -0.2) is 0 Å². The minimum Gasteiger partial charge on any atom is -0.0776 e. The molecule has 1 atom stereocenters. The molecule has 0 bridgehead atoms. The Kier molecular flexibility index (Phi) is 7.11. The van der Waals surface area contributed by atoms with Crippen LogP contribution < -0.4 is 0 Å². The molecule has 0 amide bonds. The van der Waals surface area contributed by atoms with Crippen molar-refractivity contribution >= 4 is 0 Å². The lowest BCUT2D eigenvalue weighted by atomic mass is 9.91. The molecule has 0 aliphatic carbocycles. The average Bonchev–Trinajstić information content (AvgIpc) is 2.21. The van der Waals surface area contributed by atoms with Gasteiger partial charge < -0.3 is 0 Å². The van der Waals surface area contributed by atoms with Crippen molar-refractivity contribution in [2.24, 2.45) is 0 Å². The molecule has 15 heavy (non-hydrogen) atoms. The third kappa shape index (κ3) is 4.51. The van der Waals surface area contributed by atoms with Gasteiger partial charge in [0.2, 0.25) is 0 Å². The fourth-order valence-electron chi connectivity index (χ4n) is 1.90. The maximum Gasteiger partial charge on any atom is -0.0165 e. The molecular weight excluding hydrogens is 180 g/mol. The summed E-state index contributed by atoms with van der Waals surface area (Å²) in [7, 11) is 0. The van der Waals surface area contributed by atoms with Gasteiger partial charge in [0.15, 0.2) is 0 Å². The molecular formula is C15H26. The summed E-state index contributed by atoms with van der Waals surface area (Å²) in [6.07, 6.45) is 5.27. The van der Waals surface area contributed by atoms with Gasteiger partial charge in [0.25, 0.3) is 0 Å². The largest absolute Gasteiger partial charge is 0.0776 e. The van der Waals surface area contributed by atoms with E-state index in [4.69, 9.17) is 0 Å². The Morgan fingerprint density at radius 2 is 1.67 bits per heavy atom. The molecule has 0 heteroatoms. The second kappa shape index (κ2) is 7.50. The Morgan fingerprint density at radius 1 is 1.07 bits per heavy atom. The van der Waals surface area contributed by atoms with Crippen molar-refractivity contribution in [2.75, 3.05) is 0 Å². The Hall–Kier alpha value is -0.780. The highest BCUT2D eigenvalue weighted by atomic mass is 14.1. The molecule has 1 aromatic carbocycles. The van der Waals surface area contributed by atoms with E-state index < -0.39 is 0 Å². The number of rotatable bonds is 5. The highest BCUT2D eigenvalue weighted by Crippen LogP contribution is 2.25. The van der Waals surface area contributed by atoms with Crippen molar-refractivity contribution in [3.8, 4) is 0 Å². The van der Waals surface area contributed by atoms with Crippen molar-refractivity contribution in [2.45, 2.75) is 59.8 Å². The molecule has 0 heterocycles. The molecule has 0 aliphatic heterocycles. The zero-order chi connectivity index (χ0) is 10.4. The third-order valence-electron chi connectivity index (χ3n) is 2.95. The first-order valence-electron chi connectivity index (χ1n) is 5.84. The van der Waals surface area contributed by atoms with E-state index in [1.165, 1.54) is 36.8 Å². The normalized spacial score (nSPS) is 11.9. The number of benzene rings is 1. The fourth-order valence-corrected chi connectivity index (χ4v) is 1.90. The Morgan fingerprint density at radius 3 is 2.13 bits per heavy atom. The van der Waals surface area contributed by atoms with E-state index in [0.29, 0.717) is 0 Å². The van der Waals surface area contributed by atoms with Crippen LogP contribution in [0.4, 0.5) is 0 Å². The van der Waals surface area contributed by atoms with Crippen LogP contribution in [0.2, 0.25) is 0 Å². The summed E-state index contributed by atoms with van der Waals surface area (Å²) in [6, 6.07) is 9.03. The first-order valence-corrected chi connectivity index (χ1v) is 5.84. The summed E-state index contributed by atoms with van der Waals surface area (Å²) < 4.78 is 0. The average molecular weight is 206 g/mol. The van der Waals surface area contributed by atoms with Gasteiger partial charge in [0.1, 0.15) is 0 Å². The van der Waals surface area contributed by atoms with Gasteiger partial charge in [0, 0.05) is 0 Å². The molecule has 86 valence electrons. The van der Waals surface area contributed by atoms with Crippen molar-refractivity contribution in [3.05, 3.63) is 35.4 Å². The van der Waals surface area contributed by atoms with Crippen LogP contribution in [0.1, 0.15) is 64.0 Å². The number of aryl methyl sites for hydroxylation is 1. The maximum absolute atomic E-state index is 2.29. The van der Waals surface area contributed by atoms with Crippen LogP contribution in [-0.2, 0) is 0 Å². The summed E-state index contributed by atoms with van der Waals surface area (Å²) >= 11 is 0. The van der Waals surface area contributed by atoms with Gasteiger partial charge in [-0.05, 0) is 31.2 Å².